The van der Waals surface area contributed by atoms with Crippen LogP contribution in [0.15, 0.2) is 61.3 Å². The van der Waals surface area contributed by atoms with E-state index in [1.807, 2.05) is 0 Å². The summed E-state index contributed by atoms with van der Waals surface area (Å²) in [5, 5.41) is 22.6. The third-order valence-electron chi connectivity index (χ3n) is 5.90. The Kier molecular flexibility index (Phi) is 6.61. The van der Waals surface area contributed by atoms with Gasteiger partial charge in [-0.15, -0.1) is 0 Å². The van der Waals surface area contributed by atoms with Crippen molar-refractivity contribution in [1.82, 2.24) is 29.9 Å². The number of rotatable bonds is 8. The number of aliphatic hydroxyl groups is 1. The van der Waals surface area contributed by atoms with Crippen LogP contribution in [-0.2, 0) is 12.1 Å². The van der Waals surface area contributed by atoms with Crippen LogP contribution in [0.5, 0.6) is 5.75 Å². The van der Waals surface area contributed by atoms with Crippen molar-refractivity contribution < 1.29 is 23.4 Å². The molecule has 0 fully saturated rings. The van der Waals surface area contributed by atoms with E-state index in [4.69, 9.17) is 4.74 Å². The van der Waals surface area contributed by atoms with Crippen LogP contribution in [0.3, 0.4) is 0 Å². The van der Waals surface area contributed by atoms with Crippen molar-refractivity contribution in [3.8, 4) is 11.4 Å². The molecule has 182 valence electrons. The summed E-state index contributed by atoms with van der Waals surface area (Å²) in [5.41, 5.74) is -0.594. The maximum Gasteiger partial charge on any atom is 0.255 e. The molecule has 0 unspecified atom stereocenters. The fraction of sp³-hybridized carbons (Fsp3) is 0.250. The normalized spacial score (nSPS) is 13.8. The molecule has 4 rings (SSSR count). The first-order chi connectivity index (χ1) is 16.7. The minimum Gasteiger partial charge on any atom is -0.497 e. The zero-order valence-electron chi connectivity index (χ0n) is 19.3. The highest BCUT2D eigenvalue weighted by molar-refractivity contribution is 5.95. The summed E-state index contributed by atoms with van der Waals surface area (Å²) in [6.07, 6.45) is 4.03. The third-order valence-corrected chi connectivity index (χ3v) is 5.90. The Bertz CT molecular complexity index is 1320. The van der Waals surface area contributed by atoms with Crippen LogP contribution in [0.25, 0.3) is 5.69 Å². The molecule has 0 radical (unpaired) electrons. The van der Waals surface area contributed by atoms with Crippen LogP contribution in [0.2, 0.25) is 0 Å². The van der Waals surface area contributed by atoms with Crippen molar-refractivity contribution in [3.63, 3.8) is 0 Å². The third kappa shape index (κ3) is 4.76. The van der Waals surface area contributed by atoms with E-state index in [-0.39, 0.29) is 17.7 Å². The minimum atomic E-state index is -1.97. The standard InChI is InChI=1S/C24H24F2N6O3/c1-15-20(11-28-32(15)18-5-7-19(35-3)8-6-18)23(33)30-16(2)24(34,12-31-14-27-13-29-31)21-9-4-17(25)10-22(21)26/h4-11,13-14,16,34H,12H2,1-3H3,(H,30,33)/t16-,24-/m1/s1. The molecular formula is C24H24F2N6O3. The van der Waals surface area contributed by atoms with E-state index < -0.39 is 29.2 Å². The number of methoxy groups -OCH3 is 1. The Morgan fingerprint density at radius 2 is 1.94 bits per heavy atom. The van der Waals surface area contributed by atoms with Gasteiger partial charge in [-0.1, -0.05) is 6.07 Å². The van der Waals surface area contributed by atoms with Gasteiger partial charge in [-0.25, -0.2) is 23.1 Å². The van der Waals surface area contributed by atoms with Gasteiger partial charge in [0, 0.05) is 11.6 Å². The quantitative estimate of drug-likeness (QED) is 0.400. The smallest absolute Gasteiger partial charge is 0.255 e. The van der Waals surface area contributed by atoms with Crippen molar-refractivity contribution in [2.75, 3.05) is 7.11 Å². The number of ether oxygens (including phenoxy) is 1. The van der Waals surface area contributed by atoms with Crippen molar-refractivity contribution >= 4 is 5.91 Å². The van der Waals surface area contributed by atoms with Crippen molar-refractivity contribution in [2.45, 2.75) is 32.0 Å². The maximum absolute atomic E-state index is 14.7. The summed E-state index contributed by atoms with van der Waals surface area (Å²) in [6.45, 7) is 3.03. The second-order valence-electron chi connectivity index (χ2n) is 8.09. The average molecular weight is 482 g/mol. The fourth-order valence-electron chi connectivity index (χ4n) is 3.87. The summed E-state index contributed by atoms with van der Waals surface area (Å²) in [7, 11) is 1.57. The highest BCUT2D eigenvalue weighted by atomic mass is 19.1. The number of hydrogen-bond donors (Lipinski definition) is 2. The number of nitrogens with one attached hydrogen (secondary N) is 1. The second-order valence-corrected chi connectivity index (χ2v) is 8.09. The highest BCUT2D eigenvalue weighted by Gasteiger charge is 2.40. The molecule has 11 heteroatoms. The van der Waals surface area contributed by atoms with Crippen LogP contribution >= 0.6 is 0 Å². The summed E-state index contributed by atoms with van der Waals surface area (Å²) in [4.78, 5) is 17.0. The highest BCUT2D eigenvalue weighted by Crippen LogP contribution is 2.30. The number of halogens is 2. The van der Waals surface area contributed by atoms with Gasteiger partial charge in [0.05, 0.1) is 42.8 Å². The van der Waals surface area contributed by atoms with Crippen molar-refractivity contribution in [2.24, 2.45) is 0 Å². The zero-order chi connectivity index (χ0) is 25.2. The largest absolute Gasteiger partial charge is 0.497 e. The number of aromatic nitrogens is 5. The number of benzene rings is 2. The van der Waals surface area contributed by atoms with Crippen LogP contribution in [0, 0.1) is 18.6 Å². The van der Waals surface area contributed by atoms with Gasteiger partial charge in [-0.05, 0) is 44.2 Å². The summed E-state index contributed by atoms with van der Waals surface area (Å²) in [6, 6.07) is 9.02. The molecule has 0 saturated heterocycles. The van der Waals surface area contributed by atoms with Crippen LogP contribution < -0.4 is 10.1 Å². The molecule has 0 bridgehead atoms. The summed E-state index contributed by atoms with van der Waals surface area (Å²) < 4.78 is 36.3. The first-order valence-electron chi connectivity index (χ1n) is 10.7. The lowest BCUT2D eigenvalue weighted by Gasteiger charge is -2.35. The van der Waals surface area contributed by atoms with Gasteiger partial charge in [0.25, 0.3) is 5.91 Å². The fourth-order valence-corrected chi connectivity index (χ4v) is 3.87. The van der Waals surface area contributed by atoms with Gasteiger partial charge in [-0.2, -0.15) is 10.2 Å². The first-order valence-corrected chi connectivity index (χ1v) is 10.7. The molecule has 2 N–H and O–H groups in total. The van der Waals surface area contributed by atoms with Gasteiger partial charge in [0.1, 0.15) is 35.6 Å². The van der Waals surface area contributed by atoms with Crippen LogP contribution in [0.4, 0.5) is 8.78 Å². The molecule has 4 aromatic rings. The van der Waals surface area contributed by atoms with E-state index in [2.05, 4.69) is 20.5 Å². The lowest BCUT2D eigenvalue weighted by Crippen LogP contribution is -2.52. The number of carbonyl (C=O) groups excluding carboxylic acids is 1. The predicted octanol–water partition coefficient (Wildman–Crippen LogP) is 2.77. The van der Waals surface area contributed by atoms with Gasteiger partial charge >= 0.3 is 0 Å². The van der Waals surface area contributed by atoms with E-state index in [9.17, 15) is 18.7 Å². The topological polar surface area (TPSA) is 107 Å². The Hall–Kier alpha value is -4.12. The molecule has 2 atom stereocenters. The van der Waals surface area contributed by atoms with Gasteiger partial charge in [0.15, 0.2) is 0 Å². The minimum absolute atomic E-state index is 0.187. The number of nitrogens with zero attached hydrogens (tertiary/aromatic N) is 5. The van der Waals surface area contributed by atoms with Gasteiger partial charge in [0.2, 0.25) is 0 Å². The SMILES string of the molecule is COc1ccc(-n2ncc(C(=O)N[C@H](C)[C@](O)(Cn3cncn3)c3ccc(F)cc3F)c2C)cc1. The Balaban J connectivity index is 1.62. The van der Waals surface area contributed by atoms with Crippen LogP contribution in [0.1, 0.15) is 28.5 Å². The first kappa shape index (κ1) is 24.0. The summed E-state index contributed by atoms with van der Waals surface area (Å²) in [5.74, 6) is -1.57. The molecule has 0 spiro atoms. The predicted molar refractivity (Wildman–Crippen MR) is 122 cm³/mol. The lowest BCUT2D eigenvalue weighted by atomic mass is 9.86. The van der Waals surface area contributed by atoms with E-state index >= 15 is 0 Å². The molecule has 0 aliphatic carbocycles. The molecule has 2 heterocycles. The van der Waals surface area contributed by atoms with Gasteiger partial charge < -0.3 is 15.2 Å². The Morgan fingerprint density at radius 1 is 1.20 bits per heavy atom. The molecule has 9 nitrogen and oxygen atoms in total. The second kappa shape index (κ2) is 9.63. The molecule has 0 aliphatic heterocycles. The molecule has 2 aromatic carbocycles. The van der Waals surface area contributed by atoms with Crippen molar-refractivity contribution in [3.05, 3.63) is 89.8 Å². The van der Waals surface area contributed by atoms with E-state index in [0.29, 0.717) is 17.5 Å². The monoisotopic (exact) mass is 482 g/mol. The Labute approximate surface area is 200 Å². The number of amides is 1. The molecule has 0 aliphatic rings. The molecule has 2 aromatic heterocycles. The van der Waals surface area contributed by atoms with E-state index in [0.717, 1.165) is 17.8 Å². The van der Waals surface area contributed by atoms with E-state index in [1.165, 1.54) is 30.5 Å². The summed E-state index contributed by atoms with van der Waals surface area (Å²) >= 11 is 0. The number of hydrogen-bond acceptors (Lipinski definition) is 6. The van der Waals surface area contributed by atoms with Crippen molar-refractivity contribution in [1.29, 1.82) is 0 Å². The molecule has 35 heavy (non-hydrogen) atoms. The van der Waals surface area contributed by atoms with E-state index in [1.54, 1.807) is 43.0 Å². The van der Waals surface area contributed by atoms with Gasteiger partial charge in [-0.3, -0.25) is 4.79 Å². The molecule has 0 saturated carbocycles. The average Bonchev–Trinajstić information content (AvgIpc) is 3.48. The van der Waals surface area contributed by atoms with Crippen LogP contribution in [-0.4, -0.2) is 48.7 Å². The zero-order valence-corrected chi connectivity index (χ0v) is 19.3. The lowest BCUT2D eigenvalue weighted by molar-refractivity contribution is -0.0186. The Morgan fingerprint density at radius 3 is 2.57 bits per heavy atom. The maximum atomic E-state index is 14.7. The molecular weight excluding hydrogens is 458 g/mol. The number of carbonyl (C=O) groups is 1. The molecule has 1 amide bonds.